The van der Waals surface area contributed by atoms with Crippen LogP contribution in [0.25, 0.3) is 0 Å². The summed E-state index contributed by atoms with van der Waals surface area (Å²) >= 11 is 1.64. The molecular weight excluding hydrogens is 258 g/mol. The standard InChI is InChI=1S/C14H17N3OS/c18-14(7-11-4-6-19-10-11)17-5-2-1-3-13(17)12-8-15-16-9-12/h4,6,8-10,13H,1-3,5,7H2,(H,15,16). The first-order chi connectivity index (χ1) is 9.34. The molecule has 0 aliphatic carbocycles. The predicted molar refractivity (Wildman–Crippen MR) is 74.9 cm³/mol. The number of H-pyrrole nitrogens is 1. The molecule has 5 heteroatoms. The van der Waals surface area contributed by atoms with Gasteiger partial charge in [-0.1, -0.05) is 0 Å². The number of nitrogens with zero attached hydrogens (tertiary/aromatic N) is 2. The minimum absolute atomic E-state index is 0.193. The van der Waals surface area contributed by atoms with Crippen molar-refractivity contribution in [1.82, 2.24) is 15.1 Å². The van der Waals surface area contributed by atoms with Crippen molar-refractivity contribution in [3.8, 4) is 0 Å². The molecule has 1 aliphatic heterocycles. The third kappa shape index (κ3) is 2.71. The predicted octanol–water partition coefficient (Wildman–Crippen LogP) is 2.77. The summed E-state index contributed by atoms with van der Waals surface area (Å²) in [5.74, 6) is 0.226. The third-order valence-corrected chi connectivity index (χ3v) is 4.39. The summed E-state index contributed by atoms with van der Waals surface area (Å²) in [5.41, 5.74) is 2.24. The summed E-state index contributed by atoms with van der Waals surface area (Å²) in [4.78, 5) is 14.5. The lowest BCUT2D eigenvalue weighted by atomic mass is 9.97. The number of rotatable bonds is 3. The lowest BCUT2D eigenvalue weighted by Gasteiger charge is -2.35. The van der Waals surface area contributed by atoms with Crippen LogP contribution < -0.4 is 0 Å². The summed E-state index contributed by atoms with van der Waals surface area (Å²) in [5, 5.41) is 10.9. The highest BCUT2D eigenvalue weighted by Gasteiger charge is 2.28. The van der Waals surface area contributed by atoms with Gasteiger partial charge in [-0.15, -0.1) is 0 Å². The molecule has 1 amide bonds. The van der Waals surface area contributed by atoms with Crippen molar-refractivity contribution in [2.75, 3.05) is 6.54 Å². The molecule has 0 radical (unpaired) electrons. The second-order valence-corrected chi connectivity index (χ2v) is 5.72. The molecule has 3 rings (SSSR count). The van der Waals surface area contributed by atoms with Gasteiger partial charge in [0.25, 0.3) is 0 Å². The molecule has 1 atom stereocenters. The molecule has 2 aromatic rings. The Morgan fingerprint density at radius 3 is 3.21 bits per heavy atom. The molecule has 1 N–H and O–H groups in total. The second-order valence-electron chi connectivity index (χ2n) is 4.94. The Balaban J connectivity index is 1.75. The zero-order valence-corrected chi connectivity index (χ0v) is 11.5. The molecule has 1 saturated heterocycles. The summed E-state index contributed by atoms with van der Waals surface area (Å²) in [7, 11) is 0. The van der Waals surface area contributed by atoms with E-state index in [0.29, 0.717) is 6.42 Å². The van der Waals surface area contributed by atoms with Gasteiger partial charge in [0, 0.05) is 18.3 Å². The smallest absolute Gasteiger partial charge is 0.227 e. The quantitative estimate of drug-likeness (QED) is 0.936. The van der Waals surface area contributed by atoms with Gasteiger partial charge in [0.15, 0.2) is 0 Å². The average molecular weight is 275 g/mol. The molecule has 2 aromatic heterocycles. The van der Waals surface area contributed by atoms with Crippen LogP contribution in [-0.2, 0) is 11.2 Å². The fraction of sp³-hybridized carbons (Fsp3) is 0.429. The number of thiophene rings is 1. The number of likely N-dealkylation sites (tertiary alicyclic amines) is 1. The Bertz CT molecular complexity index is 521. The Morgan fingerprint density at radius 1 is 1.53 bits per heavy atom. The number of carbonyl (C=O) groups is 1. The molecule has 4 nitrogen and oxygen atoms in total. The number of aromatic amines is 1. The molecular formula is C14H17N3OS. The van der Waals surface area contributed by atoms with E-state index in [0.717, 1.165) is 30.5 Å². The number of carbonyl (C=O) groups excluding carboxylic acids is 1. The number of amides is 1. The van der Waals surface area contributed by atoms with Crippen LogP contribution in [0.5, 0.6) is 0 Å². The van der Waals surface area contributed by atoms with Gasteiger partial charge in [0.05, 0.1) is 18.7 Å². The van der Waals surface area contributed by atoms with Crippen molar-refractivity contribution in [2.24, 2.45) is 0 Å². The zero-order valence-electron chi connectivity index (χ0n) is 10.7. The Hall–Kier alpha value is -1.62. The van der Waals surface area contributed by atoms with Gasteiger partial charge in [0.1, 0.15) is 0 Å². The number of piperidine rings is 1. The van der Waals surface area contributed by atoms with Crippen LogP contribution in [0.15, 0.2) is 29.2 Å². The van der Waals surface area contributed by atoms with Crippen molar-refractivity contribution in [3.63, 3.8) is 0 Å². The summed E-state index contributed by atoms with van der Waals surface area (Å²) in [6, 6.07) is 2.22. The fourth-order valence-electron chi connectivity index (χ4n) is 2.69. The van der Waals surface area contributed by atoms with Gasteiger partial charge < -0.3 is 4.90 Å². The van der Waals surface area contributed by atoms with Gasteiger partial charge in [-0.3, -0.25) is 9.89 Å². The van der Waals surface area contributed by atoms with E-state index < -0.39 is 0 Å². The Kier molecular flexibility index (Phi) is 3.64. The molecule has 1 fully saturated rings. The maximum absolute atomic E-state index is 12.5. The second kappa shape index (κ2) is 5.57. The normalized spacial score (nSPS) is 19.6. The minimum Gasteiger partial charge on any atom is -0.335 e. The molecule has 19 heavy (non-hydrogen) atoms. The van der Waals surface area contributed by atoms with Crippen molar-refractivity contribution >= 4 is 17.2 Å². The van der Waals surface area contributed by atoms with Crippen LogP contribution >= 0.6 is 11.3 Å². The SMILES string of the molecule is O=C(Cc1ccsc1)N1CCCCC1c1cn[nH]c1. The highest BCUT2D eigenvalue weighted by molar-refractivity contribution is 7.07. The summed E-state index contributed by atoms with van der Waals surface area (Å²) in [6.45, 7) is 0.860. The maximum atomic E-state index is 12.5. The van der Waals surface area contributed by atoms with E-state index >= 15 is 0 Å². The van der Waals surface area contributed by atoms with E-state index in [4.69, 9.17) is 0 Å². The van der Waals surface area contributed by atoms with Crippen LogP contribution in [0.1, 0.15) is 36.4 Å². The van der Waals surface area contributed by atoms with Crippen LogP contribution in [0.4, 0.5) is 0 Å². The first-order valence-corrected chi connectivity index (χ1v) is 7.58. The molecule has 1 unspecified atom stereocenters. The monoisotopic (exact) mass is 275 g/mol. The number of aromatic nitrogens is 2. The van der Waals surface area contributed by atoms with E-state index in [9.17, 15) is 4.79 Å². The van der Waals surface area contributed by atoms with E-state index in [1.54, 1.807) is 11.3 Å². The van der Waals surface area contributed by atoms with Crippen molar-refractivity contribution in [1.29, 1.82) is 0 Å². The number of nitrogens with one attached hydrogen (secondary N) is 1. The first kappa shape index (κ1) is 12.4. The van der Waals surface area contributed by atoms with E-state index in [2.05, 4.69) is 15.6 Å². The van der Waals surface area contributed by atoms with Crippen molar-refractivity contribution < 1.29 is 4.79 Å². The highest BCUT2D eigenvalue weighted by Crippen LogP contribution is 2.30. The van der Waals surface area contributed by atoms with Gasteiger partial charge in [-0.2, -0.15) is 16.4 Å². The van der Waals surface area contributed by atoms with Crippen molar-refractivity contribution in [2.45, 2.75) is 31.7 Å². The molecule has 3 heterocycles. The van der Waals surface area contributed by atoms with Crippen molar-refractivity contribution in [3.05, 3.63) is 40.3 Å². The van der Waals surface area contributed by atoms with Crippen LogP contribution in [0.3, 0.4) is 0 Å². The minimum atomic E-state index is 0.193. The molecule has 1 aliphatic rings. The Morgan fingerprint density at radius 2 is 2.47 bits per heavy atom. The van der Waals surface area contributed by atoms with E-state index in [-0.39, 0.29) is 11.9 Å². The molecule has 0 aromatic carbocycles. The lowest BCUT2D eigenvalue weighted by molar-refractivity contribution is -0.134. The average Bonchev–Trinajstić information content (AvgIpc) is 3.11. The molecule has 0 bridgehead atoms. The molecule has 100 valence electrons. The topological polar surface area (TPSA) is 49.0 Å². The number of hydrogen-bond acceptors (Lipinski definition) is 3. The molecule has 0 spiro atoms. The highest BCUT2D eigenvalue weighted by atomic mass is 32.1. The first-order valence-electron chi connectivity index (χ1n) is 6.64. The lowest BCUT2D eigenvalue weighted by Crippen LogP contribution is -2.39. The van der Waals surface area contributed by atoms with E-state index in [1.807, 2.05) is 28.7 Å². The Labute approximate surface area is 116 Å². The molecule has 0 saturated carbocycles. The van der Waals surface area contributed by atoms with Crippen LogP contribution in [-0.4, -0.2) is 27.5 Å². The van der Waals surface area contributed by atoms with Gasteiger partial charge in [-0.25, -0.2) is 0 Å². The van der Waals surface area contributed by atoms with E-state index in [1.165, 1.54) is 6.42 Å². The van der Waals surface area contributed by atoms with Gasteiger partial charge in [0.2, 0.25) is 5.91 Å². The summed E-state index contributed by atoms with van der Waals surface area (Å²) in [6.07, 6.45) is 7.57. The zero-order chi connectivity index (χ0) is 13.1. The van der Waals surface area contributed by atoms with Crippen LogP contribution in [0, 0.1) is 0 Å². The number of hydrogen-bond donors (Lipinski definition) is 1. The third-order valence-electron chi connectivity index (χ3n) is 3.66. The van der Waals surface area contributed by atoms with Crippen LogP contribution in [0.2, 0.25) is 0 Å². The summed E-state index contributed by atoms with van der Waals surface area (Å²) < 4.78 is 0. The van der Waals surface area contributed by atoms with Gasteiger partial charge >= 0.3 is 0 Å². The fourth-order valence-corrected chi connectivity index (χ4v) is 3.36. The largest absolute Gasteiger partial charge is 0.335 e. The van der Waals surface area contributed by atoms with Gasteiger partial charge in [-0.05, 0) is 41.7 Å². The maximum Gasteiger partial charge on any atom is 0.227 e.